The summed E-state index contributed by atoms with van der Waals surface area (Å²) in [6.07, 6.45) is 1.29. The van der Waals surface area contributed by atoms with Crippen LogP contribution in [0.1, 0.15) is 15.2 Å². The maximum absolute atomic E-state index is 13.1. The Labute approximate surface area is 180 Å². The molecule has 9 heteroatoms. The van der Waals surface area contributed by atoms with Gasteiger partial charge in [-0.2, -0.15) is 0 Å². The number of benzene rings is 2. The lowest BCUT2D eigenvalue weighted by molar-refractivity contribution is -0.119. The lowest BCUT2D eigenvalue weighted by Crippen LogP contribution is -2.35. The monoisotopic (exact) mass is 434 g/mol. The summed E-state index contributed by atoms with van der Waals surface area (Å²) in [4.78, 5) is 42.4. The fraction of sp³-hybridized carbons (Fsp3) is 0.0909. The van der Waals surface area contributed by atoms with Crippen molar-refractivity contribution in [2.45, 2.75) is 6.92 Å². The number of nitrogens with zero attached hydrogens (tertiary/aromatic N) is 2. The number of rotatable bonds is 6. The van der Waals surface area contributed by atoms with Gasteiger partial charge in [-0.25, -0.2) is 9.66 Å². The molecule has 8 nitrogen and oxygen atoms in total. The minimum atomic E-state index is -0.551. The number of aryl methyl sites for hydroxylation is 1. The molecule has 2 heterocycles. The van der Waals surface area contributed by atoms with E-state index in [1.807, 2.05) is 37.3 Å². The molecule has 4 rings (SSSR count). The van der Waals surface area contributed by atoms with Crippen LogP contribution in [-0.4, -0.2) is 28.1 Å². The van der Waals surface area contributed by atoms with Crippen LogP contribution >= 0.6 is 11.3 Å². The van der Waals surface area contributed by atoms with Crippen LogP contribution in [0.2, 0.25) is 0 Å². The fourth-order valence-corrected chi connectivity index (χ4v) is 4.17. The van der Waals surface area contributed by atoms with Gasteiger partial charge in [0.1, 0.15) is 16.9 Å². The number of amides is 2. The summed E-state index contributed by atoms with van der Waals surface area (Å²) in [6, 6.07) is 15.7. The average Bonchev–Trinajstić information content (AvgIpc) is 3.12. The van der Waals surface area contributed by atoms with Crippen LogP contribution in [0.4, 0.5) is 0 Å². The van der Waals surface area contributed by atoms with Crippen molar-refractivity contribution in [2.24, 2.45) is 5.73 Å². The Morgan fingerprint density at radius 2 is 1.84 bits per heavy atom. The molecule has 31 heavy (non-hydrogen) atoms. The molecule has 2 aromatic carbocycles. The highest BCUT2D eigenvalue weighted by Gasteiger charge is 2.17. The SMILES string of the molecule is Cc1sc2ncn(NC(=O)COc3ccc(C(N)=O)cc3)c(=O)c2c1-c1ccccc1. The number of aromatic nitrogens is 2. The Morgan fingerprint density at radius 3 is 2.52 bits per heavy atom. The van der Waals surface area contributed by atoms with E-state index < -0.39 is 11.8 Å². The molecule has 0 spiro atoms. The molecule has 0 aliphatic heterocycles. The van der Waals surface area contributed by atoms with Gasteiger partial charge in [0.25, 0.3) is 11.5 Å². The maximum atomic E-state index is 13.1. The normalized spacial score (nSPS) is 10.7. The largest absolute Gasteiger partial charge is 0.484 e. The number of primary amides is 1. The van der Waals surface area contributed by atoms with Gasteiger partial charge in [0, 0.05) is 16.0 Å². The Hall–Kier alpha value is -3.98. The predicted octanol–water partition coefficient (Wildman–Crippen LogP) is 2.68. The summed E-state index contributed by atoms with van der Waals surface area (Å²) in [6.45, 7) is 1.61. The molecule has 2 amide bonds. The van der Waals surface area contributed by atoms with Gasteiger partial charge in [0.2, 0.25) is 5.91 Å². The zero-order chi connectivity index (χ0) is 22.0. The molecule has 4 aromatic rings. The fourth-order valence-electron chi connectivity index (χ4n) is 3.17. The van der Waals surface area contributed by atoms with E-state index in [0.717, 1.165) is 20.7 Å². The number of fused-ring (bicyclic) bond motifs is 1. The molecule has 0 unspecified atom stereocenters. The summed E-state index contributed by atoms with van der Waals surface area (Å²) >= 11 is 1.43. The lowest BCUT2D eigenvalue weighted by Gasteiger charge is -2.10. The maximum Gasteiger partial charge on any atom is 0.281 e. The predicted molar refractivity (Wildman–Crippen MR) is 119 cm³/mol. The minimum absolute atomic E-state index is 0.325. The van der Waals surface area contributed by atoms with E-state index in [1.165, 1.54) is 41.9 Å². The summed E-state index contributed by atoms with van der Waals surface area (Å²) in [5.41, 5.74) is 9.39. The molecule has 0 fully saturated rings. The summed E-state index contributed by atoms with van der Waals surface area (Å²) in [5, 5.41) is 0.458. The van der Waals surface area contributed by atoms with Crippen molar-refractivity contribution < 1.29 is 14.3 Å². The number of nitrogens with one attached hydrogen (secondary N) is 1. The van der Waals surface area contributed by atoms with Gasteiger partial charge in [-0.3, -0.25) is 19.8 Å². The van der Waals surface area contributed by atoms with E-state index in [0.29, 0.717) is 21.5 Å². The van der Waals surface area contributed by atoms with E-state index >= 15 is 0 Å². The molecule has 0 bridgehead atoms. The first-order valence-electron chi connectivity index (χ1n) is 9.32. The number of hydrogen-bond acceptors (Lipinski definition) is 6. The Kier molecular flexibility index (Phi) is 5.50. The van der Waals surface area contributed by atoms with Gasteiger partial charge in [-0.1, -0.05) is 30.3 Å². The van der Waals surface area contributed by atoms with Gasteiger partial charge in [0.05, 0.1) is 5.39 Å². The van der Waals surface area contributed by atoms with Crippen molar-refractivity contribution in [3.63, 3.8) is 0 Å². The first kappa shape index (κ1) is 20.3. The van der Waals surface area contributed by atoms with Crippen molar-refractivity contribution in [3.05, 3.63) is 81.7 Å². The molecule has 3 N–H and O–H groups in total. The molecular formula is C22H18N4O4S. The van der Waals surface area contributed by atoms with Gasteiger partial charge in [-0.05, 0) is 36.8 Å². The van der Waals surface area contributed by atoms with Crippen LogP contribution < -0.4 is 21.5 Å². The van der Waals surface area contributed by atoms with Crippen LogP contribution in [0.25, 0.3) is 21.3 Å². The highest BCUT2D eigenvalue weighted by Crippen LogP contribution is 2.35. The van der Waals surface area contributed by atoms with E-state index in [9.17, 15) is 14.4 Å². The third kappa shape index (κ3) is 4.17. The van der Waals surface area contributed by atoms with Crippen molar-refractivity contribution in [2.75, 3.05) is 12.0 Å². The van der Waals surface area contributed by atoms with Crippen LogP contribution in [0, 0.1) is 6.92 Å². The summed E-state index contributed by atoms with van der Waals surface area (Å²) in [7, 11) is 0. The number of thiophene rings is 1. The topological polar surface area (TPSA) is 116 Å². The van der Waals surface area contributed by atoms with E-state index in [-0.39, 0.29) is 12.2 Å². The molecule has 0 atom stereocenters. The third-order valence-corrected chi connectivity index (χ3v) is 5.62. The number of carbonyl (C=O) groups is 2. The van der Waals surface area contributed by atoms with Crippen molar-refractivity contribution in [3.8, 4) is 16.9 Å². The zero-order valence-corrected chi connectivity index (χ0v) is 17.3. The first-order chi connectivity index (χ1) is 14.9. The highest BCUT2D eigenvalue weighted by atomic mass is 32.1. The third-order valence-electron chi connectivity index (χ3n) is 4.61. The van der Waals surface area contributed by atoms with Crippen LogP contribution in [-0.2, 0) is 4.79 Å². The van der Waals surface area contributed by atoms with Crippen LogP contribution in [0.15, 0.2) is 65.7 Å². The molecule has 0 saturated heterocycles. The van der Waals surface area contributed by atoms with Crippen molar-refractivity contribution in [1.29, 1.82) is 0 Å². The number of nitrogens with two attached hydrogens (primary N) is 1. The number of ether oxygens (including phenoxy) is 1. The van der Waals surface area contributed by atoms with Crippen LogP contribution in [0.3, 0.4) is 0 Å². The quantitative estimate of drug-likeness (QED) is 0.484. The minimum Gasteiger partial charge on any atom is -0.484 e. The Bertz CT molecular complexity index is 1330. The van der Waals surface area contributed by atoms with E-state index in [1.54, 1.807) is 0 Å². The molecule has 0 aliphatic carbocycles. The highest BCUT2D eigenvalue weighted by molar-refractivity contribution is 7.19. The zero-order valence-electron chi connectivity index (χ0n) is 16.5. The van der Waals surface area contributed by atoms with Gasteiger partial charge < -0.3 is 10.5 Å². The number of carbonyl (C=O) groups excluding carboxylic acids is 2. The molecule has 156 valence electrons. The van der Waals surface area contributed by atoms with Gasteiger partial charge in [0.15, 0.2) is 6.61 Å². The van der Waals surface area contributed by atoms with E-state index in [4.69, 9.17) is 10.5 Å². The van der Waals surface area contributed by atoms with Gasteiger partial charge >= 0.3 is 0 Å². The Morgan fingerprint density at radius 1 is 1.13 bits per heavy atom. The molecule has 0 saturated carbocycles. The lowest BCUT2D eigenvalue weighted by atomic mass is 10.0. The second-order valence-corrected chi connectivity index (χ2v) is 7.91. The smallest absolute Gasteiger partial charge is 0.281 e. The first-order valence-corrected chi connectivity index (χ1v) is 10.1. The number of hydrogen-bond donors (Lipinski definition) is 2. The molecule has 0 radical (unpaired) electrons. The second kappa shape index (κ2) is 8.41. The van der Waals surface area contributed by atoms with Crippen LogP contribution in [0.5, 0.6) is 5.75 Å². The molecule has 0 aliphatic rings. The summed E-state index contributed by atoms with van der Waals surface area (Å²) in [5.74, 6) is -0.693. The van der Waals surface area contributed by atoms with Crippen molar-refractivity contribution >= 4 is 33.4 Å². The van der Waals surface area contributed by atoms with Crippen molar-refractivity contribution in [1.82, 2.24) is 9.66 Å². The standard InChI is InChI=1S/C22H18N4O4S/c1-13-18(14-5-3-2-4-6-14)19-21(31-13)24-12-26(22(19)29)25-17(27)11-30-16-9-7-15(8-10-16)20(23)28/h2-10,12H,11H2,1H3,(H2,23,28)(H,25,27). The summed E-state index contributed by atoms with van der Waals surface area (Å²) < 4.78 is 6.46. The molecular weight excluding hydrogens is 416 g/mol. The average molecular weight is 434 g/mol. The van der Waals surface area contributed by atoms with E-state index in [2.05, 4.69) is 10.4 Å². The van der Waals surface area contributed by atoms with Gasteiger partial charge in [-0.15, -0.1) is 11.3 Å². The Balaban J connectivity index is 1.54. The molecule has 2 aromatic heterocycles. The second-order valence-electron chi connectivity index (χ2n) is 6.71.